The Hall–Kier alpha value is -2.15. The molecular weight excluding hydrogens is 325 g/mol. The van der Waals surface area contributed by atoms with Crippen molar-refractivity contribution in [3.63, 3.8) is 0 Å². The number of nitrogens with zero attached hydrogens (tertiary/aromatic N) is 2. The molecule has 0 bridgehead atoms. The SMILES string of the molecule is CCCN1CCN(c2ccc(OC3CCC(=O)NC3=O)cc2F)CC1. The predicted molar refractivity (Wildman–Crippen MR) is 92.1 cm³/mol. The molecule has 3 rings (SSSR count). The number of hydrogen-bond acceptors (Lipinski definition) is 5. The van der Waals surface area contributed by atoms with Crippen molar-refractivity contribution in [3.05, 3.63) is 24.0 Å². The summed E-state index contributed by atoms with van der Waals surface area (Å²) in [5, 5.41) is 2.23. The number of carbonyl (C=O) groups excluding carboxylic acids is 2. The number of imide groups is 1. The number of piperazine rings is 1. The third-order valence-corrected chi connectivity index (χ3v) is 4.64. The van der Waals surface area contributed by atoms with E-state index in [-0.39, 0.29) is 18.1 Å². The van der Waals surface area contributed by atoms with Crippen LogP contribution in [0.2, 0.25) is 0 Å². The van der Waals surface area contributed by atoms with Crippen molar-refractivity contribution in [2.75, 3.05) is 37.6 Å². The van der Waals surface area contributed by atoms with Gasteiger partial charge >= 0.3 is 0 Å². The Morgan fingerprint density at radius 3 is 2.64 bits per heavy atom. The van der Waals surface area contributed by atoms with E-state index in [9.17, 15) is 14.0 Å². The van der Waals surface area contributed by atoms with E-state index in [0.29, 0.717) is 17.9 Å². The molecule has 1 aromatic rings. The highest BCUT2D eigenvalue weighted by molar-refractivity contribution is 5.99. The topological polar surface area (TPSA) is 61.9 Å². The van der Waals surface area contributed by atoms with Gasteiger partial charge in [-0.2, -0.15) is 0 Å². The monoisotopic (exact) mass is 349 g/mol. The minimum Gasteiger partial charge on any atom is -0.480 e. The third-order valence-electron chi connectivity index (χ3n) is 4.64. The summed E-state index contributed by atoms with van der Waals surface area (Å²) in [6.07, 6.45) is 0.924. The molecule has 2 saturated heterocycles. The van der Waals surface area contributed by atoms with Gasteiger partial charge in [-0.15, -0.1) is 0 Å². The zero-order valence-electron chi connectivity index (χ0n) is 14.5. The van der Waals surface area contributed by atoms with Gasteiger partial charge in [0.2, 0.25) is 5.91 Å². The fourth-order valence-corrected chi connectivity index (χ4v) is 3.30. The molecule has 2 fully saturated rings. The third kappa shape index (κ3) is 4.28. The molecule has 2 aliphatic rings. The lowest BCUT2D eigenvalue weighted by atomic mass is 10.1. The van der Waals surface area contributed by atoms with Gasteiger partial charge in [-0.25, -0.2) is 4.39 Å². The van der Waals surface area contributed by atoms with Crippen LogP contribution in [0.15, 0.2) is 18.2 Å². The molecule has 7 heteroatoms. The van der Waals surface area contributed by atoms with Gasteiger partial charge in [0, 0.05) is 45.1 Å². The van der Waals surface area contributed by atoms with Crippen LogP contribution in [-0.2, 0) is 9.59 Å². The van der Waals surface area contributed by atoms with E-state index in [1.54, 1.807) is 12.1 Å². The number of piperidine rings is 1. The van der Waals surface area contributed by atoms with E-state index < -0.39 is 12.0 Å². The predicted octanol–water partition coefficient (Wildman–Crippen LogP) is 1.54. The fourth-order valence-electron chi connectivity index (χ4n) is 3.30. The van der Waals surface area contributed by atoms with Gasteiger partial charge in [-0.3, -0.25) is 19.8 Å². The lowest BCUT2D eigenvalue weighted by Gasteiger charge is -2.36. The number of hydrogen-bond donors (Lipinski definition) is 1. The molecule has 0 radical (unpaired) electrons. The van der Waals surface area contributed by atoms with E-state index >= 15 is 0 Å². The largest absolute Gasteiger partial charge is 0.480 e. The Balaban J connectivity index is 1.61. The Kier molecular flexibility index (Phi) is 5.53. The molecule has 136 valence electrons. The molecule has 1 unspecified atom stereocenters. The maximum atomic E-state index is 14.5. The molecule has 2 amide bonds. The van der Waals surface area contributed by atoms with Crippen LogP contribution in [0, 0.1) is 5.82 Å². The van der Waals surface area contributed by atoms with Crippen LogP contribution >= 0.6 is 0 Å². The second-order valence-electron chi connectivity index (χ2n) is 6.50. The summed E-state index contributed by atoms with van der Waals surface area (Å²) in [6, 6.07) is 4.70. The lowest BCUT2D eigenvalue weighted by Crippen LogP contribution is -2.47. The number of ether oxygens (including phenoxy) is 1. The van der Waals surface area contributed by atoms with Crippen molar-refractivity contribution in [2.45, 2.75) is 32.3 Å². The maximum Gasteiger partial charge on any atom is 0.267 e. The molecule has 6 nitrogen and oxygen atoms in total. The van der Waals surface area contributed by atoms with Gasteiger partial charge in [-0.1, -0.05) is 6.92 Å². The van der Waals surface area contributed by atoms with Crippen LogP contribution < -0.4 is 15.0 Å². The number of anilines is 1. The first-order valence-electron chi connectivity index (χ1n) is 8.84. The Bertz CT molecular complexity index is 644. The van der Waals surface area contributed by atoms with Crippen molar-refractivity contribution in [1.29, 1.82) is 0 Å². The van der Waals surface area contributed by atoms with Crippen molar-refractivity contribution < 1.29 is 18.7 Å². The summed E-state index contributed by atoms with van der Waals surface area (Å²) >= 11 is 0. The quantitative estimate of drug-likeness (QED) is 0.817. The minimum absolute atomic E-state index is 0.235. The van der Waals surface area contributed by atoms with Gasteiger partial charge in [0.1, 0.15) is 11.6 Å². The van der Waals surface area contributed by atoms with Crippen LogP contribution in [0.25, 0.3) is 0 Å². The normalized spacial score (nSPS) is 22.0. The molecule has 1 atom stereocenters. The molecule has 2 heterocycles. The molecule has 0 aliphatic carbocycles. The highest BCUT2D eigenvalue weighted by Crippen LogP contribution is 2.26. The number of rotatable bonds is 5. The van der Waals surface area contributed by atoms with E-state index in [1.165, 1.54) is 6.07 Å². The van der Waals surface area contributed by atoms with Crippen molar-refractivity contribution >= 4 is 17.5 Å². The number of nitrogens with one attached hydrogen (secondary N) is 1. The summed E-state index contributed by atoms with van der Waals surface area (Å²) in [5.74, 6) is -0.810. The lowest BCUT2D eigenvalue weighted by molar-refractivity contribution is -0.138. The number of halogens is 1. The van der Waals surface area contributed by atoms with Gasteiger partial charge in [0.25, 0.3) is 5.91 Å². The van der Waals surface area contributed by atoms with Crippen LogP contribution in [0.5, 0.6) is 5.75 Å². The van der Waals surface area contributed by atoms with Gasteiger partial charge < -0.3 is 9.64 Å². The molecule has 1 aromatic carbocycles. The van der Waals surface area contributed by atoms with Crippen LogP contribution in [0.4, 0.5) is 10.1 Å². The summed E-state index contributed by atoms with van der Waals surface area (Å²) in [5.41, 5.74) is 0.562. The Labute approximate surface area is 146 Å². The Morgan fingerprint density at radius 1 is 1.24 bits per heavy atom. The minimum atomic E-state index is -0.750. The van der Waals surface area contributed by atoms with Gasteiger partial charge in [0.15, 0.2) is 6.10 Å². The second-order valence-corrected chi connectivity index (χ2v) is 6.50. The molecule has 1 N–H and O–H groups in total. The average Bonchev–Trinajstić information content (AvgIpc) is 2.59. The first-order valence-corrected chi connectivity index (χ1v) is 8.84. The molecule has 2 aliphatic heterocycles. The fraction of sp³-hybridized carbons (Fsp3) is 0.556. The van der Waals surface area contributed by atoms with Gasteiger partial charge in [0.05, 0.1) is 5.69 Å². The maximum absolute atomic E-state index is 14.5. The molecular formula is C18H24FN3O3. The molecule has 0 spiro atoms. The average molecular weight is 349 g/mol. The van der Waals surface area contributed by atoms with Crippen LogP contribution in [0.1, 0.15) is 26.2 Å². The van der Waals surface area contributed by atoms with E-state index in [1.807, 2.05) is 4.90 Å². The smallest absolute Gasteiger partial charge is 0.267 e. The standard InChI is InChI=1S/C18H24FN3O3/c1-2-7-21-8-10-22(11-9-21)15-4-3-13(12-14(15)19)25-16-5-6-17(23)20-18(16)24/h3-4,12,16H,2,5-11H2,1H3,(H,20,23,24). The van der Waals surface area contributed by atoms with E-state index in [0.717, 1.165) is 39.1 Å². The highest BCUT2D eigenvalue weighted by Gasteiger charge is 2.28. The second kappa shape index (κ2) is 7.82. The van der Waals surface area contributed by atoms with Crippen molar-refractivity contribution in [1.82, 2.24) is 10.2 Å². The number of benzene rings is 1. The first kappa shape index (κ1) is 17.7. The summed E-state index contributed by atoms with van der Waals surface area (Å²) in [7, 11) is 0. The zero-order valence-corrected chi connectivity index (χ0v) is 14.5. The van der Waals surface area contributed by atoms with Crippen LogP contribution in [0.3, 0.4) is 0 Å². The summed E-state index contributed by atoms with van der Waals surface area (Å²) in [4.78, 5) is 27.3. The van der Waals surface area contributed by atoms with E-state index in [4.69, 9.17) is 4.74 Å². The Morgan fingerprint density at radius 2 is 2.00 bits per heavy atom. The molecule has 0 aromatic heterocycles. The van der Waals surface area contributed by atoms with Crippen molar-refractivity contribution in [2.24, 2.45) is 0 Å². The number of carbonyl (C=O) groups is 2. The number of amides is 2. The highest BCUT2D eigenvalue weighted by atomic mass is 19.1. The van der Waals surface area contributed by atoms with Crippen LogP contribution in [-0.4, -0.2) is 55.5 Å². The first-order chi connectivity index (χ1) is 12.1. The molecule has 0 saturated carbocycles. The van der Waals surface area contributed by atoms with E-state index in [2.05, 4.69) is 17.1 Å². The van der Waals surface area contributed by atoms with Crippen molar-refractivity contribution in [3.8, 4) is 5.75 Å². The zero-order chi connectivity index (χ0) is 17.8. The van der Waals surface area contributed by atoms with Gasteiger partial charge in [-0.05, 0) is 25.1 Å². The molecule has 25 heavy (non-hydrogen) atoms. The summed E-state index contributed by atoms with van der Waals surface area (Å²) in [6.45, 7) is 6.69. The summed E-state index contributed by atoms with van der Waals surface area (Å²) < 4.78 is 20.1.